The van der Waals surface area contributed by atoms with Gasteiger partial charge in [-0.25, -0.2) is 9.97 Å². The van der Waals surface area contributed by atoms with E-state index in [0.29, 0.717) is 0 Å². The summed E-state index contributed by atoms with van der Waals surface area (Å²) in [6.07, 6.45) is 17.7. The Balaban J connectivity index is 1.92. The Hall–Kier alpha value is -2.23. The van der Waals surface area contributed by atoms with E-state index in [0.717, 1.165) is 42.6 Å². The highest BCUT2D eigenvalue weighted by atomic mass is 16.4. The van der Waals surface area contributed by atoms with Crippen LogP contribution >= 0.6 is 0 Å². The second-order valence-corrected chi connectivity index (χ2v) is 9.14. The van der Waals surface area contributed by atoms with E-state index in [1.54, 1.807) is 0 Å². The van der Waals surface area contributed by atoms with Gasteiger partial charge in [0.05, 0.1) is 5.92 Å². The molecule has 1 aromatic heterocycles. The molecule has 176 valence electrons. The van der Waals surface area contributed by atoms with Crippen LogP contribution in [0.15, 0.2) is 36.7 Å². The number of benzene rings is 1. The molecule has 0 aliphatic heterocycles. The van der Waals surface area contributed by atoms with Crippen molar-refractivity contribution in [2.75, 3.05) is 0 Å². The molecule has 1 heterocycles. The fourth-order valence-electron chi connectivity index (χ4n) is 4.29. The van der Waals surface area contributed by atoms with Gasteiger partial charge in [0, 0.05) is 18.0 Å². The zero-order chi connectivity index (χ0) is 23.2. The van der Waals surface area contributed by atoms with Gasteiger partial charge in [-0.05, 0) is 36.3 Å². The van der Waals surface area contributed by atoms with Gasteiger partial charge < -0.3 is 5.11 Å². The third kappa shape index (κ3) is 8.72. The minimum atomic E-state index is -0.687. The molecular weight excluding hydrogens is 396 g/mol. The number of aliphatic carboxylic acids is 1. The molecule has 2 unspecified atom stereocenters. The third-order valence-electron chi connectivity index (χ3n) is 6.51. The van der Waals surface area contributed by atoms with Gasteiger partial charge in [0.25, 0.3) is 0 Å². The highest BCUT2D eigenvalue weighted by Crippen LogP contribution is 2.30. The average molecular weight is 439 g/mol. The lowest BCUT2D eigenvalue weighted by Gasteiger charge is -2.21. The van der Waals surface area contributed by atoms with Gasteiger partial charge in [-0.1, -0.05) is 103 Å². The van der Waals surface area contributed by atoms with Gasteiger partial charge in [-0.3, -0.25) is 4.79 Å². The Morgan fingerprint density at radius 2 is 1.41 bits per heavy atom. The van der Waals surface area contributed by atoms with Crippen molar-refractivity contribution < 1.29 is 9.90 Å². The van der Waals surface area contributed by atoms with Crippen molar-refractivity contribution in [3.63, 3.8) is 0 Å². The Morgan fingerprint density at radius 3 is 2.00 bits per heavy atom. The first-order valence-corrected chi connectivity index (χ1v) is 12.7. The van der Waals surface area contributed by atoms with E-state index in [1.807, 2.05) is 43.6 Å². The number of nitrogens with zero attached hydrogens (tertiary/aromatic N) is 2. The summed E-state index contributed by atoms with van der Waals surface area (Å²) >= 11 is 0. The molecule has 1 aromatic carbocycles. The van der Waals surface area contributed by atoms with Crippen molar-refractivity contribution in [3.8, 4) is 11.4 Å². The van der Waals surface area contributed by atoms with Crippen molar-refractivity contribution in [1.29, 1.82) is 0 Å². The molecule has 4 heteroatoms. The minimum absolute atomic E-state index is 0.0105. The summed E-state index contributed by atoms with van der Waals surface area (Å²) in [4.78, 5) is 21.0. The van der Waals surface area contributed by atoms with Crippen LogP contribution in [0, 0.1) is 5.92 Å². The van der Waals surface area contributed by atoms with Crippen molar-refractivity contribution in [2.24, 2.45) is 5.92 Å². The first-order valence-electron chi connectivity index (χ1n) is 12.7. The molecule has 0 aliphatic rings. The smallest absolute Gasteiger partial charge is 0.307 e. The first kappa shape index (κ1) is 26.0. The number of hydrogen-bond donors (Lipinski definition) is 1. The zero-order valence-electron chi connectivity index (χ0n) is 20.4. The summed E-state index contributed by atoms with van der Waals surface area (Å²) in [5.41, 5.74) is 3.23. The summed E-state index contributed by atoms with van der Waals surface area (Å²) in [6.45, 7) is 6.47. The van der Waals surface area contributed by atoms with Crippen LogP contribution in [0.1, 0.15) is 108 Å². The Morgan fingerprint density at radius 1 is 0.844 bits per heavy atom. The number of aromatic nitrogens is 2. The molecule has 0 spiro atoms. The number of carboxylic acids is 1. The van der Waals surface area contributed by atoms with E-state index in [-0.39, 0.29) is 11.8 Å². The summed E-state index contributed by atoms with van der Waals surface area (Å²) in [7, 11) is 0. The van der Waals surface area contributed by atoms with E-state index in [9.17, 15) is 9.90 Å². The van der Waals surface area contributed by atoms with Crippen LogP contribution in [0.2, 0.25) is 0 Å². The van der Waals surface area contributed by atoms with E-state index in [4.69, 9.17) is 0 Å². The predicted octanol–water partition coefficient (Wildman–Crippen LogP) is 7.82. The lowest BCUT2D eigenvalue weighted by atomic mass is 9.83. The maximum absolute atomic E-state index is 11.9. The Kier molecular flexibility index (Phi) is 12.0. The van der Waals surface area contributed by atoms with Crippen LogP contribution < -0.4 is 0 Å². The molecule has 0 saturated heterocycles. The number of carbonyl (C=O) groups is 1. The molecule has 2 aromatic rings. The molecule has 0 fully saturated rings. The van der Waals surface area contributed by atoms with Crippen LogP contribution in [-0.2, 0) is 11.2 Å². The number of rotatable bonds is 16. The molecule has 32 heavy (non-hydrogen) atoms. The fourth-order valence-corrected chi connectivity index (χ4v) is 4.29. The monoisotopic (exact) mass is 438 g/mol. The van der Waals surface area contributed by atoms with Gasteiger partial charge in [0.15, 0.2) is 5.82 Å². The lowest BCUT2D eigenvalue weighted by Crippen LogP contribution is -2.20. The van der Waals surface area contributed by atoms with Crippen molar-refractivity contribution in [1.82, 2.24) is 9.97 Å². The van der Waals surface area contributed by atoms with Gasteiger partial charge in [-0.2, -0.15) is 0 Å². The van der Waals surface area contributed by atoms with Crippen molar-refractivity contribution in [2.45, 2.75) is 104 Å². The Bertz CT molecular complexity index is 771. The molecular formula is C28H42N2O2. The molecule has 0 radical (unpaired) electrons. The van der Waals surface area contributed by atoms with E-state index < -0.39 is 5.97 Å². The predicted molar refractivity (Wildman–Crippen MR) is 133 cm³/mol. The fraction of sp³-hybridized carbons (Fsp3) is 0.607. The average Bonchev–Trinajstić information content (AvgIpc) is 2.81. The molecule has 0 saturated carbocycles. The summed E-state index contributed by atoms with van der Waals surface area (Å²) in [6, 6.07) is 8.12. The van der Waals surface area contributed by atoms with Gasteiger partial charge in [0.1, 0.15) is 0 Å². The van der Waals surface area contributed by atoms with Gasteiger partial charge in [-0.15, -0.1) is 0 Å². The minimum Gasteiger partial charge on any atom is -0.481 e. The quantitative estimate of drug-likeness (QED) is 0.271. The maximum Gasteiger partial charge on any atom is 0.307 e. The van der Waals surface area contributed by atoms with E-state index >= 15 is 0 Å². The Labute approximate surface area is 194 Å². The molecule has 2 rings (SSSR count). The third-order valence-corrected chi connectivity index (χ3v) is 6.51. The van der Waals surface area contributed by atoms with Crippen LogP contribution in [0.25, 0.3) is 11.4 Å². The second kappa shape index (κ2) is 14.8. The topological polar surface area (TPSA) is 63.1 Å². The summed E-state index contributed by atoms with van der Waals surface area (Å²) in [5, 5.41) is 9.78. The molecule has 0 amide bonds. The van der Waals surface area contributed by atoms with Crippen LogP contribution in [0.3, 0.4) is 0 Å². The van der Waals surface area contributed by atoms with Crippen LogP contribution in [-0.4, -0.2) is 21.0 Å². The van der Waals surface area contributed by atoms with Crippen molar-refractivity contribution in [3.05, 3.63) is 47.8 Å². The first-order chi connectivity index (χ1) is 15.6. The summed E-state index contributed by atoms with van der Waals surface area (Å²) < 4.78 is 0. The molecule has 4 nitrogen and oxygen atoms in total. The van der Waals surface area contributed by atoms with E-state index in [2.05, 4.69) is 23.8 Å². The lowest BCUT2D eigenvalue weighted by molar-refractivity contribution is -0.142. The number of hydrogen-bond acceptors (Lipinski definition) is 3. The van der Waals surface area contributed by atoms with Gasteiger partial charge >= 0.3 is 5.97 Å². The second-order valence-electron chi connectivity index (χ2n) is 9.14. The molecule has 2 atom stereocenters. The molecule has 0 aliphatic carbocycles. The standard InChI is InChI=1S/C28H42N2O2/c1-4-6-8-10-11-13-15-26(28(31)32)22(3)24-16-18-25(19-17-24)27-29-20-23(21-30-27)14-12-9-7-5-2/h16-22,26H,4-15H2,1-3H3,(H,31,32). The van der Waals surface area contributed by atoms with Crippen LogP contribution in [0.5, 0.6) is 0 Å². The molecule has 1 N–H and O–H groups in total. The van der Waals surface area contributed by atoms with Crippen LogP contribution in [0.4, 0.5) is 0 Å². The largest absolute Gasteiger partial charge is 0.481 e. The summed E-state index contributed by atoms with van der Waals surface area (Å²) in [5.74, 6) is -0.310. The van der Waals surface area contributed by atoms with Gasteiger partial charge in [0.2, 0.25) is 0 Å². The number of unbranched alkanes of at least 4 members (excludes halogenated alkanes) is 8. The highest BCUT2D eigenvalue weighted by Gasteiger charge is 2.25. The van der Waals surface area contributed by atoms with Crippen molar-refractivity contribution >= 4 is 5.97 Å². The SMILES string of the molecule is CCCCCCCCC(C(=O)O)C(C)c1ccc(-c2ncc(CCCCCC)cn2)cc1. The number of carboxylic acid groups (broad SMARTS) is 1. The highest BCUT2D eigenvalue weighted by molar-refractivity contribution is 5.71. The maximum atomic E-state index is 11.9. The van der Waals surface area contributed by atoms with E-state index in [1.165, 1.54) is 56.9 Å². The normalized spacial score (nSPS) is 13.1. The number of aryl methyl sites for hydroxylation is 1. The molecule has 0 bridgehead atoms. The zero-order valence-corrected chi connectivity index (χ0v) is 20.4.